The van der Waals surface area contributed by atoms with Crippen LogP contribution in [0, 0.1) is 0 Å². The van der Waals surface area contributed by atoms with Crippen molar-refractivity contribution in [3.8, 4) is 0 Å². The molecule has 118 valence electrons. The smallest absolute Gasteiger partial charge is 0.252 e. The van der Waals surface area contributed by atoms with E-state index < -0.39 is 10.8 Å². The first kappa shape index (κ1) is 15.1. The van der Waals surface area contributed by atoms with Gasteiger partial charge in [0, 0.05) is 40.9 Å². The summed E-state index contributed by atoms with van der Waals surface area (Å²) in [5.74, 6) is 0.273. The van der Waals surface area contributed by atoms with Crippen LogP contribution >= 0.6 is 0 Å². The third kappa shape index (κ3) is 3.19. The lowest BCUT2D eigenvalue weighted by Gasteiger charge is -2.10. The first-order chi connectivity index (χ1) is 10.6. The van der Waals surface area contributed by atoms with Gasteiger partial charge in [-0.2, -0.15) is 5.10 Å². The fourth-order valence-electron chi connectivity index (χ4n) is 2.89. The van der Waals surface area contributed by atoms with E-state index in [1.54, 1.807) is 18.6 Å². The minimum Gasteiger partial charge on any atom is -0.351 e. The fourth-order valence-corrected chi connectivity index (χ4v) is 3.28. The van der Waals surface area contributed by atoms with Gasteiger partial charge in [0.25, 0.3) is 5.91 Å². The van der Waals surface area contributed by atoms with E-state index in [1.165, 1.54) is 12.8 Å². The largest absolute Gasteiger partial charge is 0.351 e. The molecule has 2 aromatic heterocycles. The summed E-state index contributed by atoms with van der Waals surface area (Å²) < 4.78 is 13.0. The van der Waals surface area contributed by atoms with Gasteiger partial charge in [-0.25, -0.2) is 9.67 Å². The quantitative estimate of drug-likeness (QED) is 0.909. The molecule has 0 bridgehead atoms. The Bertz CT molecular complexity index is 707. The molecule has 0 aromatic carbocycles. The summed E-state index contributed by atoms with van der Waals surface area (Å²) in [5.41, 5.74) is 1.36. The first-order valence-electron chi connectivity index (χ1n) is 7.56. The van der Waals surface area contributed by atoms with Crippen molar-refractivity contribution in [3.63, 3.8) is 0 Å². The predicted octanol–water partition coefficient (Wildman–Crippen LogP) is 1.65. The fraction of sp³-hybridized carbons (Fsp3) is 0.533. The van der Waals surface area contributed by atoms with E-state index in [1.807, 2.05) is 10.7 Å². The highest BCUT2D eigenvalue weighted by molar-refractivity contribution is 7.84. The van der Waals surface area contributed by atoms with Gasteiger partial charge in [0.1, 0.15) is 0 Å². The second-order valence-corrected chi connectivity index (χ2v) is 7.25. The number of carbonyl (C=O) groups is 1. The van der Waals surface area contributed by atoms with Crippen molar-refractivity contribution in [2.75, 3.05) is 18.6 Å². The molecule has 3 rings (SSSR count). The van der Waals surface area contributed by atoms with E-state index in [9.17, 15) is 9.00 Å². The highest BCUT2D eigenvalue weighted by Gasteiger charge is 2.20. The topological polar surface area (TPSA) is 76.9 Å². The maximum absolute atomic E-state index is 12.1. The van der Waals surface area contributed by atoms with Gasteiger partial charge in [0.05, 0.1) is 17.8 Å². The lowest BCUT2D eigenvalue weighted by atomic mass is 10.2. The molecule has 0 unspecified atom stereocenters. The van der Waals surface area contributed by atoms with Crippen molar-refractivity contribution in [2.45, 2.75) is 31.7 Å². The maximum atomic E-state index is 12.1. The molecule has 1 fully saturated rings. The molecule has 1 aliphatic carbocycles. The number of fused-ring (bicyclic) bond motifs is 1. The molecular formula is C15H20N4O2S. The summed E-state index contributed by atoms with van der Waals surface area (Å²) in [6.45, 7) is 0.404. The van der Waals surface area contributed by atoms with Crippen LogP contribution in [0.2, 0.25) is 0 Å². The Morgan fingerprint density at radius 1 is 1.41 bits per heavy atom. The van der Waals surface area contributed by atoms with E-state index in [0.717, 1.165) is 23.9 Å². The Hall–Kier alpha value is -1.76. The normalized spacial score (nSPS) is 17.0. The summed E-state index contributed by atoms with van der Waals surface area (Å²) in [5, 5.41) is 8.09. The van der Waals surface area contributed by atoms with Crippen LogP contribution in [0.25, 0.3) is 11.0 Å². The Labute approximate surface area is 131 Å². The molecule has 1 N–H and O–H groups in total. The van der Waals surface area contributed by atoms with Crippen LogP contribution in [0.15, 0.2) is 18.5 Å². The van der Waals surface area contributed by atoms with Crippen LogP contribution in [-0.4, -0.2) is 43.4 Å². The van der Waals surface area contributed by atoms with Crippen molar-refractivity contribution >= 4 is 27.7 Å². The molecule has 0 aliphatic heterocycles. The Morgan fingerprint density at radius 2 is 2.18 bits per heavy atom. The van der Waals surface area contributed by atoms with Gasteiger partial charge in [-0.1, -0.05) is 12.8 Å². The second-order valence-electron chi connectivity index (χ2n) is 5.70. The highest BCUT2D eigenvalue weighted by atomic mass is 32.2. The van der Waals surface area contributed by atoms with Crippen molar-refractivity contribution in [1.82, 2.24) is 20.1 Å². The summed E-state index contributed by atoms with van der Waals surface area (Å²) >= 11 is 0. The van der Waals surface area contributed by atoms with E-state index in [2.05, 4.69) is 15.4 Å². The molecule has 6 nitrogen and oxygen atoms in total. The first-order valence-corrected chi connectivity index (χ1v) is 9.29. The van der Waals surface area contributed by atoms with Gasteiger partial charge in [-0.15, -0.1) is 0 Å². The number of hydrogen-bond donors (Lipinski definition) is 1. The Kier molecular flexibility index (Phi) is 4.52. The molecule has 7 heteroatoms. The number of pyridine rings is 1. The van der Waals surface area contributed by atoms with Crippen molar-refractivity contribution in [3.05, 3.63) is 24.0 Å². The summed E-state index contributed by atoms with van der Waals surface area (Å²) in [4.78, 5) is 16.5. The molecule has 1 atom stereocenters. The molecule has 0 radical (unpaired) electrons. The molecule has 0 spiro atoms. The van der Waals surface area contributed by atoms with Crippen LogP contribution in [0.4, 0.5) is 0 Å². The SMILES string of the molecule is C[S@@](=O)CCNC(=O)c1cnc2c(cnn2C2CCCC2)c1. The van der Waals surface area contributed by atoms with E-state index >= 15 is 0 Å². The number of amides is 1. The lowest BCUT2D eigenvalue weighted by molar-refractivity contribution is 0.0956. The molecule has 2 heterocycles. The number of nitrogens with zero attached hydrogens (tertiary/aromatic N) is 3. The minimum absolute atomic E-state index is 0.187. The molecule has 22 heavy (non-hydrogen) atoms. The van der Waals surface area contributed by atoms with Crippen LogP contribution in [0.5, 0.6) is 0 Å². The third-order valence-corrected chi connectivity index (χ3v) is 4.82. The average Bonchev–Trinajstić information content (AvgIpc) is 3.14. The monoisotopic (exact) mass is 320 g/mol. The number of rotatable bonds is 5. The number of nitrogens with one attached hydrogen (secondary N) is 1. The van der Waals surface area contributed by atoms with Gasteiger partial charge < -0.3 is 5.32 Å². The summed E-state index contributed by atoms with van der Waals surface area (Å²) in [6, 6.07) is 2.25. The second kappa shape index (κ2) is 6.56. The van der Waals surface area contributed by atoms with E-state index in [0.29, 0.717) is 23.9 Å². The van der Waals surface area contributed by atoms with Crippen LogP contribution in [0.3, 0.4) is 0 Å². The third-order valence-electron chi connectivity index (χ3n) is 4.04. The van der Waals surface area contributed by atoms with Gasteiger partial charge in [0.2, 0.25) is 0 Å². The number of aromatic nitrogens is 3. The molecule has 1 saturated carbocycles. The maximum Gasteiger partial charge on any atom is 0.252 e. The predicted molar refractivity (Wildman–Crippen MR) is 86.3 cm³/mol. The van der Waals surface area contributed by atoms with Crippen LogP contribution in [-0.2, 0) is 10.8 Å². The molecule has 2 aromatic rings. The van der Waals surface area contributed by atoms with Crippen molar-refractivity contribution < 1.29 is 9.00 Å². The number of carbonyl (C=O) groups excluding carboxylic acids is 1. The lowest BCUT2D eigenvalue weighted by Crippen LogP contribution is -2.27. The molecule has 0 saturated heterocycles. The minimum atomic E-state index is -0.903. The van der Waals surface area contributed by atoms with Gasteiger partial charge in [-0.3, -0.25) is 9.00 Å². The molecule has 1 aliphatic rings. The average molecular weight is 320 g/mol. The van der Waals surface area contributed by atoms with Gasteiger partial charge >= 0.3 is 0 Å². The summed E-state index contributed by atoms with van der Waals surface area (Å²) in [6.07, 6.45) is 9.77. The van der Waals surface area contributed by atoms with Crippen LogP contribution in [0.1, 0.15) is 42.1 Å². The zero-order valence-corrected chi connectivity index (χ0v) is 13.4. The van der Waals surface area contributed by atoms with E-state index in [-0.39, 0.29) is 5.91 Å². The zero-order valence-electron chi connectivity index (χ0n) is 12.6. The zero-order chi connectivity index (χ0) is 15.5. The van der Waals surface area contributed by atoms with Crippen molar-refractivity contribution in [2.24, 2.45) is 0 Å². The van der Waals surface area contributed by atoms with Crippen LogP contribution < -0.4 is 5.32 Å². The summed E-state index contributed by atoms with van der Waals surface area (Å²) in [7, 11) is -0.903. The highest BCUT2D eigenvalue weighted by Crippen LogP contribution is 2.31. The van der Waals surface area contributed by atoms with E-state index in [4.69, 9.17) is 0 Å². The molecule has 1 amide bonds. The standard InChI is InChI=1S/C15H20N4O2S/c1-22(21)7-6-16-15(20)12-8-11-10-18-19(14(11)17-9-12)13-4-2-3-5-13/h8-10,13H,2-7H2,1H3,(H,16,20)/t22-/m1/s1. The Balaban J connectivity index is 1.76. The molecular weight excluding hydrogens is 300 g/mol. The van der Waals surface area contributed by atoms with Gasteiger partial charge in [-0.05, 0) is 18.9 Å². The number of hydrogen-bond acceptors (Lipinski definition) is 4. The van der Waals surface area contributed by atoms with Crippen molar-refractivity contribution in [1.29, 1.82) is 0 Å². The Morgan fingerprint density at radius 3 is 2.91 bits per heavy atom. The van der Waals surface area contributed by atoms with Gasteiger partial charge in [0.15, 0.2) is 5.65 Å².